The topological polar surface area (TPSA) is 99.0 Å². The molecule has 1 amide bonds. The van der Waals surface area contributed by atoms with E-state index in [0.29, 0.717) is 46.9 Å². The first-order chi connectivity index (χ1) is 14.7. The molecule has 0 spiro atoms. The average molecular weight is 397 g/mol. The van der Waals surface area contributed by atoms with Crippen LogP contribution in [0, 0.1) is 0 Å². The molecule has 7 heteroatoms. The Labute approximate surface area is 172 Å². The Morgan fingerprint density at radius 1 is 0.967 bits per heavy atom. The number of nitrogens with zero attached hydrogens (tertiary/aromatic N) is 3. The molecule has 0 unspecified atom stereocenters. The zero-order chi connectivity index (χ0) is 20.5. The van der Waals surface area contributed by atoms with Crippen LogP contribution >= 0.6 is 0 Å². The van der Waals surface area contributed by atoms with Crippen molar-refractivity contribution in [2.24, 2.45) is 0 Å². The lowest BCUT2D eigenvalue weighted by Crippen LogP contribution is -2.24. The standard InChI is InChI=1S/C23H19N5O2/c24-21-19(23(29)25-13-15-7-2-1-3-8-15)20-22(28(21)14-16-9-6-12-30-16)27-18-11-5-4-10-17(18)26-20/h1-12H,13-14,24H2,(H,25,29). The number of anilines is 1. The zero-order valence-electron chi connectivity index (χ0n) is 16.1. The molecule has 3 aromatic heterocycles. The largest absolute Gasteiger partial charge is 0.467 e. The minimum absolute atomic E-state index is 0.288. The first-order valence-corrected chi connectivity index (χ1v) is 9.59. The summed E-state index contributed by atoms with van der Waals surface area (Å²) in [7, 11) is 0. The number of para-hydroxylation sites is 2. The number of fused-ring (bicyclic) bond motifs is 2. The second-order valence-corrected chi connectivity index (χ2v) is 6.98. The maximum Gasteiger partial charge on any atom is 0.257 e. The number of carbonyl (C=O) groups excluding carboxylic acids is 1. The SMILES string of the molecule is Nc1c(C(=O)NCc2ccccc2)c2nc3ccccc3nc2n1Cc1ccco1. The Kier molecular flexibility index (Phi) is 4.40. The smallest absolute Gasteiger partial charge is 0.257 e. The summed E-state index contributed by atoms with van der Waals surface area (Å²) in [5.41, 5.74) is 10.2. The van der Waals surface area contributed by atoms with Crippen LogP contribution in [0.15, 0.2) is 77.4 Å². The number of rotatable bonds is 5. The molecular weight excluding hydrogens is 378 g/mol. The minimum atomic E-state index is -0.288. The van der Waals surface area contributed by atoms with E-state index >= 15 is 0 Å². The molecule has 5 rings (SSSR count). The number of nitrogens with one attached hydrogen (secondary N) is 1. The van der Waals surface area contributed by atoms with Crippen LogP contribution in [0.3, 0.4) is 0 Å². The molecule has 0 radical (unpaired) electrons. The first-order valence-electron chi connectivity index (χ1n) is 9.59. The Hall–Kier alpha value is -4.13. The highest BCUT2D eigenvalue weighted by Crippen LogP contribution is 2.28. The lowest BCUT2D eigenvalue weighted by atomic mass is 10.2. The molecule has 2 aromatic carbocycles. The van der Waals surface area contributed by atoms with Crippen molar-refractivity contribution in [3.05, 3.63) is 89.9 Å². The zero-order valence-corrected chi connectivity index (χ0v) is 16.1. The molecule has 3 N–H and O–H groups in total. The van der Waals surface area contributed by atoms with Crippen LogP contribution in [0.1, 0.15) is 21.7 Å². The highest BCUT2D eigenvalue weighted by atomic mass is 16.3. The summed E-state index contributed by atoms with van der Waals surface area (Å²) in [5.74, 6) is 0.733. The van der Waals surface area contributed by atoms with Gasteiger partial charge >= 0.3 is 0 Å². The number of nitrogens with two attached hydrogens (primary N) is 1. The fourth-order valence-corrected chi connectivity index (χ4v) is 3.53. The van der Waals surface area contributed by atoms with Gasteiger partial charge in [-0.15, -0.1) is 0 Å². The third kappa shape index (κ3) is 3.16. The number of carbonyl (C=O) groups is 1. The van der Waals surface area contributed by atoms with E-state index in [9.17, 15) is 4.79 Å². The number of aromatic nitrogens is 3. The van der Waals surface area contributed by atoms with Crippen molar-refractivity contribution < 1.29 is 9.21 Å². The Bertz CT molecular complexity index is 1340. The molecule has 0 saturated carbocycles. The number of hydrogen-bond donors (Lipinski definition) is 2. The van der Waals surface area contributed by atoms with Gasteiger partial charge in [-0.1, -0.05) is 42.5 Å². The summed E-state index contributed by atoms with van der Waals surface area (Å²) in [5, 5.41) is 2.94. The lowest BCUT2D eigenvalue weighted by molar-refractivity contribution is 0.0953. The van der Waals surface area contributed by atoms with E-state index in [1.165, 1.54) is 0 Å². The Morgan fingerprint density at radius 2 is 1.70 bits per heavy atom. The minimum Gasteiger partial charge on any atom is -0.467 e. The lowest BCUT2D eigenvalue weighted by Gasteiger charge is -2.07. The van der Waals surface area contributed by atoms with Gasteiger partial charge in [-0.2, -0.15) is 0 Å². The van der Waals surface area contributed by atoms with Crippen molar-refractivity contribution >= 4 is 33.9 Å². The number of nitrogen functional groups attached to an aromatic ring is 1. The quantitative estimate of drug-likeness (QED) is 0.471. The molecule has 0 fully saturated rings. The van der Waals surface area contributed by atoms with Crippen LogP contribution in [0.2, 0.25) is 0 Å². The molecule has 0 aliphatic carbocycles. The van der Waals surface area contributed by atoms with Gasteiger partial charge in [0.05, 0.1) is 23.8 Å². The molecule has 7 nitrogen and oxygen atoms in total. The monoisotopic (exact) mass is 397 g/mol. The molecule has 148 valence electrons. The average Bonchev–Trinajstić information content (AvgIpc) is 3.38. The van der Waals surface area contributed by atoms with Gasteiger partial charge in [-0.05, 0) is 29.8 Å². The van der Waals surface area contributed by atoms with Crippen LogP contribution in [-0.4, -0.2) is 20.4 Å². The second kappa shape index (κ2) is 7.36. The van der Waals surface area contributed by atoms with E-state index in [4.69, 9.17) is 20.1 Å². The second-order valence-electron chi connectivity index (χ2n) is 6.98. The summed E-state index contributed by atoms with van der Waals surface area (Å²) < 4.78 is 7.25. The van der Waals surface area contributed by atoms with Gasteiger partial charge in [-0.3, -0.25) is 4.79 Å². The predicted molar refractivity (Wildman–Crippen MR) is 115 cm³/mol. The number of furan rings is 1. The molecule has 5 aromatic rings. The number of benzene rings is 2. The van der Waals surface area contributed by atoms with E-state index in [2.05, 4.69) is 5.32 Å². The van der Waals surface area contributed by atoms with E-state index < -0.39 is 0 Å². The first kappa shape index (κ1) is 17.9. The fourth-order valence-electron chi connectivity index (χ4n) is 3.53. The summed E-state index contributed by atoms with van der Waals surface area (Å²) in [4.78, 5) is 22.6. The summed E-state index contributed by atoms with van der Waals surface area (Å²) in [6.07, 6.45) is 1.60. The van der Waals surface area contributed by atoms with Gasteiger partial charge in [0.1, 0.15) is 22.7 Å². The maximum atomic E-state index is 13.1. The number of hydrogen-bond acceptors (Lipinski definition) is 5. The van der Waals surface area contributed by atoms with Crippen LogP contribution in [0.5, 0.6) is 0 Å². The maximum absolute atomic E-state index is 13.1. The highest BCUT2D eigenvalue weighted by Gasteiger charge is 2.24. The van der Waals surface area contributed by atoms with E-state index in [1.54, 1.807) is 10.8 Å². The van der Waals surface area contributed by atoms with Gasteiger partial charge in [0.15, 0.2) is 5.65 Å². The van der Waals surface area contributed by atoms with Gasteiger partial charge in [0, 0.05) is 6.54 Å². The van der Waals surface area contributed by atoms with Gasteiger partial charge < -0.3 is 20.0 Å². The Balaban J connectivity index is 1.61. The van der Waals surface area contributed by atoms with Crippen LogP contribution < -0.4 is 11.1 Å². The van der Waals surface area contributed by atoms with E-state index in [1.807, 2.05) is 66.7 Å². The van der Waals surface area contributed by atoms with E-state index in [-0.39, 0.29) is 5.91 Å². The fraction of sp³-hybridized carbons (Fsp3) is 0.0870. The molecule has 30 heavy (non-hydrogen) atoms. The van der Waals surface area contributed by atoms with Crippen LogP contribution in [0.4, 0.5) is 5.82 Å². The van der Waals surface area contributed by atoms with Gasteiger partial charge in [0.25, 0.3) is 5.91 Å². The molecule has 0 bridgehead atoms. The van der Waals surface area contributed by atoms with Crippen molar-refractivity contribution in [2.45, 2.75) is 13.1 Å². The Morgan fingerprint density at radius 3 is 2.43 bits per heavy atom. The van der Waals surface area contributed by atoms with Crippen molar-refractivity contribution in [1.29, 1.82) is 0 Å². The highest BCUT2D eigenvalue weighted by molar-refractivity contribution is 6.10. The molecule has 0 aliphatic rings. The van der Waals surface area contributed by atoms with Crippen LogP contribution in [-0.2, 0) is 13.1 Å². The summed E-state index contributed by atoms with van der Waals surface area (Å²) in [6.45, 7) is 0.749. The molecule has 3 heterocycles. The molecule has 0 atom stereocenters. The van der Waals surface area contributed by atoms with Gasteiger partial charge in [-0.25, -0.2) is 9.97 Å². The van der Waals surface area contributed by atoms with Crippen molar-refractivity contribution in [2.75, 3.05) is 5.73 Å². The molecular formula is C23H19N5O2. The van der Waals surface area contributed by atoms with Crippen molar-refractivity contribution in [1.82, 2.24) is 19.9 Å². The predicted octanol–water partition coefficient (Wildman–Crippen LogP) is 3.74. The van der Waals surface area contributed by atoms with Crippen LogP contribution in [0.25, 0.3) is 22.2 Å². The summed E-state index contributed by atoms with van der Waals surface area (Å²) >= 11 is 0. The van der Waals surface area contributed by atoms with E-state index in [0.717, 1.165) is 11.1 Å². The third-order valence-electron chi connectivity index (χ3n) is 5.01. The normalized spacial score (nSPS) is 11.2. The summed E-state index contributed by atoms with van der Waals surface area (Å²) in [6, 6.07) is 20.9. The van der Waals surface area contributed by atoms with Gasteiger partial charge in [0.2, 0.25) is 0 Å². The molecule has 0 saturated heterocycles. The number of amides is 1. The molecule has 0 aliphatic heterocycles. The third-order valence-corrected chi connectivity index (χ3v) is 5.01. The van der Waals surface area contributed by atoms with Crippen molar-refractivity contribution in [3.8, 4) is 0 Å². The van der Waals surface area contributed by atoms with Crippen molar-refractivity contribution in [3.63, 3.8) is 0 Å².